The number of carbonyl (C=O) groups excluding carboxylic acids is 1. The smallest absolute Gasteiger partial charge is 0.307 e. The molecule has 2 aromatic rings. The molecule has 4 saturated carbocycles. The Bertz CT molecular complexity index is 811. The van der Waals surface area contributed by atoms with E-state index in [-0.39, 0.29) is 11.4 Å². The van der Waals surface area contributed by atoms with Gasteiger partial charge in [0.1, 0.15) is 5.01 Å². The van der Waals surface area contributed by atoms with Gasteiger partial charge in [-0.3, -0.25) is 5.32 Å². The third kappa shape index (κ3) is 2.80. The van der Waals surface area contributed by atoms with Crippen LogP contribution >= 0.6 is 11.3 Å². The van der Waals surface area contributed by atoms with Crippen LogP contribution in [0.2, 0.25) is 0 Å². The highest BCUT2D eigenvalue weighted by atomic mass is 32.1. The van der Waals surface area contributed by atoms with Crippen LogP contribution in [0.4, 0.5) is 15.6 Å². The number of anilines is 2. The molecule has 2 N–H and O–H groups in total. The molecule has 4 fully saturated rings. The van der Waals surface area contributed by atoms with Crippen molar-refractivity contribution in [1.82, 2.24) is 10.2 Å². The molecule has 1 aromatic carbocycles. The number of aromatic nitrogens is 2. The van der Waals surface area contributed by atoms with E-state index in [0.717, 1.165) is 34.0 Å². The maximum Gasteiger partial charge on any atom is 0.325 e. The van der Waals surface area contributed by atoms with Gasteiger partial charge in [0.25, 0.3) is 0 Å². The molecule has 0 saturated heterocycles. The normalized spacial score (nSPS) is 31.8. The first-order valence-electron chi connectivity index (χ1n) is 9.57. The number of rotatable bonds is 3. The molecular weight excluding hydrogens is 344 g/mol. The van der Waals surface area contributed by atoms with Gasteiger partial charge < -0.3 is 5.32 Å². The third-order valence-corrected chi connectivity index (χ3v) is 7.62. The molecule has 6 heteroatoms. The lowest BCUT2D eigenvalue weighted by Crippen LogP contribution is -2.48. The number of benzene rings is 1. The van der Waals surface area contributed by atoms with Crippen LogP contribution in [-0.2, 0) is 5.41 Å². The van der Waals surface area contributed by atoms with Gasteiger partial charge in [-0.2, -0.15) is 0 Å². The first-order valence-corrected chi connectivity index (χ1v) is 10.4. The molecule has 0 radical (unpaired) electrons. The van der Waals surface area contributed by atoms with Crippen LogP contribution in [0.1, 0.15) is 49.1 Å². The summed E-state index contributed by atoms with van der Waals surface area (Å²) in [7, 11) is 0. The molecule has 6 rings (SSSR count). The van der Waals surface area contributed by atoms with Gasteiger partial charge in [-0.1, -0.05) is 29.5 Å². The van der Waals surface area contributed by atoms with E-state index in [1.807, 2.05) is 31.2 Å². The van der Waals surface area contributed by atoms with Crippen LogP contribution in [0.3, 0.4) is 0 Å². The highest BCUT2D eigenvalue weighted by Gasteiger charge is 2.53. The minimum atomic E-state index is -0.257. The molecule has 4 bridgehead atoms. The van der Waals surface area contributed by atoms with E-state index in [1.54, 1.807) is 11.3 Å². The molecule has 26 heavy (non-hydrogen) atoms. The number of nitrogens with one attached hydrogen (secondary N) is 2. The van der Waals surface area contributed by atoms with Gasteiger partial charge in [-0.05, 0) is 74.8 Å². The molecule has 136 valence electrons. The number of urea groups is 1. The summed E-state index contributed by atoms with van der Waals surface area (Å²) in [4.78, 5) is 12.3. The summed E-state index contributed by atoms with van der Waals surface area (Å²) in [6.45, 7) is 1.98. The van der Waals surface area contributed by atoms with Crippen molar-refractivity contribution >= 4 is 28.2 Å². The predicted octanol–water partition coefficient (Wildman–Crippen LogP) is 4.96. The largest absolute Gasteiger partial charge is 0.325 e. The average Bonchev–Trinajstić information content (AvgIpc) is 3.05. The molecule has 4 aliphatic carbocycles. The van der Waals surface area contributed by atoms with Crippen molar-refractivity contribution < 1.29 is 4.79 Å². The van der Waals surface area contributed by atoms with Gasteiger partial charge in [0, 0.05) is 11.1 Å². The van der Waals surface area contributed by atoms with Gasteiger partial charge in [0.15, 0.2) is 0 Å². The second-order valence-electron chi connectivity index (χ2n) is 8.50. The van der Waals surface area contributed by atoms with Crippen LogP contribution in [0.5, 0.6) is 0 Å². The molecule has 0 aliphatic heterocycles. The molecule has 2 amide bonds. The number of hydrogen-bond donors (Lipinski definition) is 2. The van der Waals surface area contributed by atoms with E-state index in [2.05, 4.69) is 20.8 Å². The molecule has 4 aliphatic rings. The number of aryl methyl sites for hydroxylation is 1. The molecule has 0 unspecified atom stereocenters. The van der Waals surface area contributed by atoms with E-state index in [9.17, 15) is 4.79 Å². The number of amides is 2. The van der Waals surface area contributed by atoms with Crippen LogP contribution in [0.15, 0.2) is 24.3 Å². The summed E-state index contributed by atoms with van der Waals surface area (Å²) in [5.41, 5.74) is 2.09. The average molecular weight is 369 g/mol. The number of para-hydroxylation sites is 1. The fourth-order valence-corrected chi connectivity index (χ4v) is 6.78. The molecule has 0 atom stereocenters. The highest BCUT2D eigenvalue weighted by molar-refractivity contribution is 7.15. The Balaban J connectivity index is 1.30. The summed E-state index contributed by atoms with van der Waals surface area (Å²) in [5.74, 6) is 2.64. The number of hydrogen-bond acceptors (Lipinski definition) is 4. The molecular formula is C20H24N4OS. The maximum absolute atomic E-state index is 12.3. The van der Waals surface area contributed by atoms with Gasteiger partial charge in [-0.15, -0.1) is 10.2 Å². The lowest BCUT2D eigenvalue weighted by Gasteiger charge is -2.55. The Hall–Kier alpha value is -1.95. The Kier molecular flexibility index (Phi) is 3.78. The van der Waals surface area contributed by atoms with Gasteiger partial charge >= 0.3 is 6.03 Å². The van der Waals surface area contributed by atoms with Crippen molar-refractivity contribution in [2.75, 3.05) is 10.6 Å². The number of carbonyl (C=O) groups is 1. The minimum Gasteiger partial charge on any atom is -0.307 e. The summed E-state index contributed by atoms with van der Waals surface area (Å²) in [6, 6.07) is 7.49. The second kappa shape index (κ2) is 6.05. The highest BCUT2D eigenvalue weighted by Crippen LogP contribution is 2.61. The Morgan fingerprint density at radius 3 is 2.35 bits per heavy atom. The topological polar surface area (TPSA) is 66.9 Å². The van der Waals surface area contributed by atoms with Crippen molar-refractivity contribution in [2.45, 2.75) is 50.9 Å². The monoisotopic (exact) mass is 368 g/mol. The minimum absolute atomic E-state index is 0.235. The van der Waals surface area contributed by atoms with Gasteiger partial charge in [0.2, 0.25) is 5.13 Å². The molecule has 0 spiro atoms. The quantitative estimate of drug-likeness (QED) is 0.805. The van der Waals surface area contributed by atoms with Crippen molar-refractivity contribution in [1.29, 1.82) is 0 Å². The zero-order valence-corrected chi connectivity index (χ0v) is 15.8. The lowest BCUT2D eigenvalue weighted by molar-refractivity contribution is -0.00555. The summed E-state index contributed by atoms with van der Waals surface area (Å²) in [6.07, 6.45) is 8.06. The van der Waals surface area contributed by atoms with Crippen LogP contribution < -0.4 is 10.6 Å². The number of nitrogens with zero attached hydrogens (tertiary/aromatic N) is 2. The summed E-state index contributed by atoms with van der Waals surface area (Å²) in [5, 5.41) is 16.3. The fraction of sp³-hybridized carbons (Fsp3) is 0.550. The summed E-state index contributed by atoms with van der Waals surface area (Å²) < 4.78 is 0. The van der Waals surface area contributed by atoms with Crippen molar-refractivity contribution in [2.24, 2.45) is 17.8 Å². The van der Waals surface area contributed by atoms with Crippen molar-refractivity contribution in [3.63, 3.8) is 0 Å². The van der Waals surface area contributed by atoms with E-state index in [0.29, 0.717) is 5.13 Å². The first-order chi connectivity index (χ1) is 12.6. The van der Waals surface area contributed by atoms with Crippen LogP contribution in [0.25, 0.3) is 0 Å². The van der Waals surface area contributed by atoms with Crippen molar-refractivity contribution in [3.8, 4) is 0 Å². The Morgan fingerprint density at radius 1 is 1.04 bits per heavy atom. The Morgan fingerprint density at radius 2 is 1.69 bits per heavy atom. The predicted molar refractivity (Wildman–Crippen MR) is 104 cm³/mol. The van der Waals surface area contributed by atoms with E-state index < -0.39 is 0 Å². The lowest BCUT2D eigenvalue weighted by atomic mass is 9.50. The molecule has 1 aromatic heterocycles. The fourth-order valence-electron chi connectivity index (χ4n) is 5.82. The van der Waals surface area contributed by atoms with Crippen molar-refractivity contribution in [3.05, 3.63) is 34.8 Å². The van der Waals surface area contributed by atoms with Crippen LogP contribution in [-0.4, -0.2) is 16.2 Å². The van der Waals surface area contributed by atoms with Gasteiger partial charge in [-0.25, -0.2) is 4.79 Å². The maximum atomic E-state index is 12.3. The third-order valence-electron chi connectivity index (χ3n) is 6.53. The first kappa shape index (κ1) is 16.2. The van der Waals surface area contributed by atoms with E-state index >= 15 is 0 Å². The molecule has 5 nitrogen and oxygen atoms in total. The Labute approximate surface area is 157 Å². The SMILES string of the molecule is Cc1ccccc1NC(=O)Nc1nnc(C23CC4CC(CC(C4)C2)C3)s1. The van der Waals surface area contributed by atoms with E-state index in [4.69, 9.17) is 0 Å². The summed E-state index contributed by atoms with van der Waals surface area (Å²) >= 11 is 1.57. The van der Waals surface area contributed by atoms with E-state index in [1.165, 1.54) is 38.5 Å². The molecule has 1 heterocycles. The zero-order valence-electron chi connectivity index (χ0n) is 15.0. The zero-order chi connectivity index (χ0) is 17.7. The second-order valence-corrected chi connectivity index (χ2v) is 9.48. The standard InChI is InChI=1S/C20H24N4OS/c1-12-4-2-3-5-16(12)21-18(25)22-19-24-23-17(26-19)20-9-13-6-14(10-20)8-15(7-13)11-20/h2-5,13-15H,6-11H2,1H3,(H2,21,22,24,25). The van der Waals surface area contributed by atoms with Crippen LogP contribution in [0, 0.1) is 24.7 Å². The van der Waals surface area contributed by atoms with Gasteiger partial charge in [0.05, 0.1) is 0 Å².